The van der Waals surface area contributed by atoms with E-state index in [0.717, 1.165) is 98.5 Å². The molecule has 7 aliphatic rings. The number of nitrogens with one attached hydrogen (secondary N) is 2. The maximum absolute atomic E-state index is 13.9. The second-order valence-electron chi connectivity index (χ2n) is 18.3. The van der Waals surface area contributed by atoms with Crippen LogP contribution in [-0.4, -0.2) is 137 Å². The first-order valence-corrected chi connectivity index (χ1v) is 21.9. The monoisotopic (exact) mass is 835 g/mol. The first-order valence-electron chi connectivity index (χ1n) is 21.9. The van der Waals surface area contributed by atoms with Gasteiger partial charge in [0.25, 0.3) is 12.3 Å². The number of carbonyl (C=O) groups is 3. The van der Waals surface area contributed by atoms with Crippen LogP contribution in [0.3, 0.4) is 0 Å². The summed E-state index contributed by atoms with van der Waals surface area (Å²) < 4.78 is 40.8. The van der Waals surface area contributed by atoms with Gasteiger partial charge in [-0.2, -0.15) is 0 Å². The molecule has 2 N–H and O–H groups in total. The van der Waals surface area contributed by atoms with Crippen LogP contribution in [0, 0.1) is 5.92 Å². The summed E-state index contributed by atoms with van der Waals surface area (Å²) in [5, 5.41) is 3.52. The number of halogens is 2. The number of piperazine rings is 1. The van der Waals surface area contributed by atoms with Crippen molar-refractivity contribution in [3.05, 3.63) is 76.7 Å². The molecule has 4 aromatic rings. The van der Waals surface area contributed by atoms with E-state index >= 15 is 0 Å². The summed E-state index contributed by atoms with van der Waals surface area (Å²) in [6, 6.07) is 11.1. The number of ether oxygens (including phenoxy) is 2. The number of hydrogen-bond acceptors (Lipinski definition) is 11. The largest absolute Gasteiger partial charge is 0.489 e. The van der Waals surface area contributed by atoms with Crippen LogP contribution >= 0.6 is 0 Å². The van der Waals surface area contributed by atoms with Crippen molar-refractivity contribution in [2.45, 2.75) is 88.2 Å². The standard InChI is InChI=1S/C45H51F2N9O5/c1-26-14-33-31-4-2-3-5-34(31)50-40(33)41(55(26)23-38(46)47)29-18-48-44(49-19-29)53-10-8-45(9-11-53)17-27(24-61-45)20-52-12-13-54-30(22-52)25-60-37-16-32-28(15-36(37)54)21-56(43(32)59)35-6-7-39(57)51-42(35)58/h2-5,15-16,18-19,26-27,30,35,38,41,50H,6-14,17,20-25H2,1H3,(H,51,57,58)/t26-,27-,30+,35+,41-/m1/s1. The molecular formula is C45H51F2N9O5. The van der Waals surface area contributed by atoms with Gasteiger partial charge >= 0.3 is 0 Å². The number of aromatic nitrogens is 3. The summed E-state index contributed by atoms with van der Waals surface area (Å²) in [4.78, 5) is 61.6. The van der Waals surface area contributed by atoms with Crippen LogP contribution in [-0.2, 0) is 27.3 Å². The van der Waals surface area contributed by atoms with E-state index in [1.807, 2.05) is 48.5 Å². The van der Waals surface area contributed by atoms with Crippen LogP contribution in [0.1, 0.15) is 77.8 Å². The van der Waals surface area contributed by atoms with E-state index in [1.54, 1.807) is 4.90 Å². The average molecular weight is 836 g/mol. The van der Waals surface area contributed by atoms with E-state index in [1.165, 1.54) is 5.56 Å². The third kappa shape index (κ3) is 6.81. The van der Waals surface area contributed by atoms with Crippen LogP contribution < -0.4 is 19.9 Å². The highest BCUT2D eigenvalue weighted by Gasteiger charge is 2.46. The predicted molar refractivity (Wildman–Crippen MR) is 222 cm³/mol. The highest BCUT2D eigenvalue weighted by Crippen LogP contribution is 2.44. The lowest BCUT2D eigenvalue weighted by Gasteiger charge is -2.46. The van der Waals surface area contributed by atoms with Crippen LogP contribution in [0.15, 0.2) is 48.8 Å². The maximum atomic E-state index is 13.9. The van der Waals surface area contributed by atoms with E-state index in [9.17, 15) is 23.2 Å². The summed E-state index contributed by atoms with van der Waals surface area (Å²) in [5.74, 6) is 0.907. The summed E-state index contributed by atoms with van der Waals surface area (Å²) in [6.07, 6.45) is 5.26. The van der Waals surface area contributed by atoms with Gasteiger partial charge in [-0.05, 0) is 74.3 Å². The van der Waals surface area contributed by atoms with E-state index in [0.29, 0.717) is 49.2 Å². The third-order valence-corrected chi connectivity index (χ3v) is 14.5. The van der Waals surface area contributed by atoms with Gasteiger partial charge in [-0.3, -0.25) is 29.5 Å². The first-order chi connectivity index (χ1) is 29.6. The number of H-pyrrole nitrogens is 1. The second kappa shape index (κ2) is 15.0. The van der Waals surface area contributed by atoms with Crippen LogP contribution in [0.2, 0.25) is 0 Å². The molecule has 320 valence electrons. The number of imide groups is 1. The Balaban J connectivity index is 0.702. The molecule has 0 unspecified atom stereocenters. The van der Waals surface area contributed by atoms with Crippen molar-refractivity contribution in [1.29, 1.82) is 0 Å². The SMILES string of the molecule is C[C@@H]1Cc2c([nH]c3ccccc23)[C@@H](c2cnc(N3CCC4(CC3)C[C@H](CN3CCN5c6cc7c(cc6OC[C@@H]5C3)C(=O)N([C@H]3CCC(=O)NC3=O)C7)CO4)nc2)N1CC(F)F. The Labute approximate surface area is 352 Å². The zero-order valence-electron chi connectivity index (χ0n) is 34.3. The lowest BCUT2D eigenvalue weighted by molar-refractivity contribution is -0.136. The fourth-order valence-electron chi connectivity index (χ4n) is 11.5. The molecule has 1 spiro atoms. The number of piperidine rings is 2. The second-order valence-corrected chi connectivity index (χ2v) is 18.3. The molecule has 16 heteroatoms. The summed E-state index contributed by atoms with van der Waals surface area (Å²) in [5.41, 5.74) is 6.26. The molecule has 0 saturated carbocycles. The van der Waals surface area contributed by atoms with Gasteiger partial charge in [-0.15, -0.1) is 0 Å². The van der Waals surface area contributed by atoms with Crippen molar-refractivity contribution in [3.63, 3.8) is 0 Å². The number of alkyl halides is 2. The predicted octanol–water partition coefficient (Wildman–Crippen LogP) is 4.28. The molecule has 61 heavy (non-hydrogen) atoms. The van der Waals surface area contributed by atoms with Gasteiger partial charge in [0, 0.05) is 98.4 Å². The highest BCUT2D eigenvalue weighted by atomic mass is 19.3. The molecule has 3 amide bonds. The normalized spacial score (nSPS) is 27.6. The minimum atomic E-state index is -2.45. The van der Waals surface area contributed by atoms with E-state index in [2.05, 4.69) is 37.1 Å². The summed E-state index contributed by atoms with van der Waals surface area (Å²) in [6.45, 7) is 8.51. The number of para-hydroxylation sites is 1. The van der Waals surface area contributed by atoms with Crippen molar-refractivity contribution in [3.8, 4) is 5.75 Å². The Kier molecular flexibility index (Phi) is 9.53. The Morgan fingerprint density at radius 3 is 2.62 bits per heavy atom. The number of anilines is 2. The highest BCUT2D eigenvalue weighted by molar-refractivity contribution is 6.06. The van der Waals surface area contributed by atoms with Gasteiger partial charge in [0.2, 0.25) is 17.8 Å². The topological polar surface area (TPSA) is 139 Å². The lowest BCUT2D eigenvalue weighted by Crippen LogP contribution is -2.58. The van der Waals surface area contributed by atoms with E-state index < -0.39 is 18.4 Å². The number of hydrogen-bond donors (Lipinski definition) is 2. The molecule has 5 atom stereocenters. The van der Waals surface area contributed by atoms with Crippen LogP contribution in [0.4, 0.5) is 20.4 Å². The van der Waals surface area contributed by atoms with Gasteiger partial charge in [0.15, 0.2) is 0 Å². The number of benzene rings is 2. The van der Waals surface area contributed by atoms with Gasteiger partial charge in [0.1, 0.15) is 18.4 Å². The Morgan fingerprint density at radius 1 is 1.00 bits per heavy atom. The summed E-state index contributed by atoms with van der Waals surface area (Å²) >= 11 is 0. The fraction of sp³-hybridized carbons (Fsp3) is 0.533. The molecule has 4 saturated heterocycles. The van der Waals surface area contributed by atoms with Gasteiger partial charge in [-0.25, -0.2) is 18.7 Å². The number of amides is 3. The Morgan fingerprint density at radius 2 is 1.82 bits per heavy atom. The molecule has 2 aromatic heterocycles. The number of aromatic amines is 1. The molecule has 4 fully saturated rings. The molecule has 0 aliphatic carbocycles. The quantitative estimate of drug-likeness (QED) is 0.258. The Bertz CT molecular complexity index is 2390. The van der Waals surface area contributed by atoms with E-state index in [-0.39, 0.29) is 48.5 Å². The van der Waals surface area contributed by atoms with Gasteiger partial charge in [-0.1, -0.05) is 18.2 Å². The van der Waals surface area contributed by atoms with Crippen LogP contribution in [0.5, 0.6) is 5.75 Å². The molecule has 2 aromatic carbocycles. The first kappa shape index (κ1) is 38.7. The molecule has 0 radical (unpaired) electrons. The lowest BCUT2D eigenvalue weighted by atomic mass is 9.85. The summed E-state index contributed by atoms with van der Waals surface area (Å²) in [7, 11) is 0. The van der Waals surface area contributed by atoms with Crippen molar-refractivity contribution >= 4 is 40.3 Å². The van der Waals surface area contributed by atoms with Gasteiger partial charge < -0.3 is 29.2 Å². The molecule has 11 rings (SSSR count). The molecule has 14 nitrogen and oxygen atoms in total. The maximum Gasteiger partial charge on any atom is 0.255 e. The molecular weight excluding hydrogens is 785 g/mol. The van der Waals surface area contributed by atoms with Crippen LogP contribution in [0.25, 0.3) is 10.9 Å². The fourth-order valence-corrected chi connectivity index (χ4v) is 11.5. The number of nitrogens with zero attached hydrogens (tertiary/aromatic N) is 7. The third-order valence-electron chi connectivity index (χ3n) is 14.5. The van der Waals surface area contributed by atoms with Crippen molar-refractivity contribution < 1.29 is 32.6 Å². The van der Waals surface area contributed by atoms with E-state index in [4.69, 9.17) is 19.4 Å². The molecule has 0 bridgehead atoms. The molecule has 7 aliphatic heterocycles. The van der Waals surface area contributed by atoms with Gasteiger partial charge in [0.05, 0.1) is 36.5 Å². The number of carbonyl (C=O) groups excluding carboxylic acids is 3. The minimum Gasteiger partial charge on any atom is -0.489 e. The Hall–Kier alpha value is -5.19. The van der Waals surface area contributed by atoms with Crippen molar-refractivity contribution in [2.24, 2.45) is 5.92 Å². The molecule has 9 heterocycles. The van der Waals surface area contributed by atoms with Crippen molar-refractivity contribution in [2.75, 3.05) is 68.8 Å². The zero-order chi connectivity index (χ0) is 41.6. The smallest absolute Gasteiger partial charge is 0.255 e. The minimum absolute atomic E-state index is 0.0690. The van der Waals surface area contributed by atoms with Crippen molar-refractivity contribution in [1.82, 2.24) is 35.0 Å². The number of fused-ring (bicyclic) bond motifs is 7. The number of rotatable bonds is 7. The zero-order valence-corrected chi connectivity index (χ0v) is 34.3. The average Bonchev–Trinajstić information content (AvgIpc) is 3.93.